The van der Waals surface area contributed by atoms with E-state index in [-0.39, 0.29) is 18.3 Å². The molecule has 1 aliphatic rings. The molecule has 1 aromatic rings. The minimum atomic E-state index is -0.806. The number of aliphatic carboxylic acids is 1. The van der Waals surface area contributed by atoms with Gasteiger partial charge in [0.2, 0.25) is 0 Å². The van der Waals surface area contributed by atoms with Gasteiger partial charge >= 0.3 is 5.97 Å². The van der Waals surface area contributed by atoms with E-state index in [0.29, 0.717) is 49.5 Å². The molecule has 0 aliphatic heterocycles. The summed E-state index contributed by atoms with van der Waals surface area (Å²) in [6.45, 7) is 0.324. The van der Waals surface area contributed by atoms with Crippen molar-refractivity contribution >= 4 is 17.6 Å². The summed E-state index contributed by atoms with van der Waals surface area (Å²) in [7, 11) is 0. The highest BCUT2D eigenvalue weighted by molar-refractivity contribution is 6.30. The Morgan fingerprint density at radius 3 is 2.80 bits per heavy atom. The van der Waals surface area contributed by atoms with Crippen molar-refractivity contribution < 1.29 is 30.0 Å². The lowest BCUT2D eigenvalue weighted by Gasteiger charge is -2.19. The van der Waals surface area contributed by atoms with Gasteiger partial charge in [-0.3, -0.25) is 4.79 Å². The fraction of sp³-hybridized carbons (Fsp3) is 0.522. The second-order valence-electron chi connectivity index (χ2n) is 7.65. The Hall–Kier alpha value is -1.86. The van der Waals surface area contributed by atoms with Gasteiger partial charge in [0.1, 0.15) is 5.75 Å². The standard InChI is InChI=1S/C23H31ClO6/c24-16-6-5-7-18(14-16)30-13-12-17(25)10-11-20-19(21(26)15-22(20)27)8-3-1-2-4-9-23(28)29/h1,3,5-7,10-11,14,17,19-22,25-27H,2,4,8-9,12-13,15H2,(H,28,29)/b3-1-,11-10+/t17-,19-,20-,21+,22-/m1/s1. The van der Waals surface area contributed by atoms with Gasteiger partial charge in [-0.2, -0.15) is 0 Å². The first-order chi connectivity index (χ1) is 14.4. The number of carboxylic acid groups (broad SMARTS) is 1. The molecule has 1 aromatic carbocycles. The molecule has 0 bridgehead atoms. The van der Waals surface area contributed by atoms with Crippen molar-refractivity contribution in [1.29, 1.82) is 0 Å². The molecule has 30 heavy (non-hydrogen) atoms. The lowest BCUT2D eigenvalue weighted by molar-refractivity contribution is -0.137. The molecule has 2 rings (SSSR count). The Morgan fingerprint density at radius 1 is 1.27 bits per heavy atom. The number of aliphatic hydroxyl groups is 3. The first-order valence-corrected chi connectivity index (χ1v) is 10.7. The topological polar surface area (TPSA) is 107 Å². The quantitative estimate of drug-likeness (QED) is 0.293. The molecule has 5 atom stereocenters. The van der Waals surface area contributed by atoms with Crippen LogP contribution in [0.3, 0.4) is 0 Å². The van der Waals surface area contributed by atoms with Crippen LogP contribution in [0.15, 0.2) is 48.6 Å². The lowest BCUT2D eigenvalue weighted by Crippen LogP contribution is -2.20. The third-order valence-electron chi connectivity index (χ3n) is 5.29. The molecule has 4 N–H and O–H groups in total. The van der Waals surface area contributed by atoms with Gasteiger partial charge in [0.05, 0.1) is 24.9 Å². The first kappa shape index (κ1) is 24.4. The van der Waals surface area contributed by atoms with Gasteiger partial charge in [-0.1, -0.05) is 42.0 Å². The minimum absolute atomic E-state index is 0.137. The monoisotopic (exact) mass is 438 g/mol. The third-order valence-corrected chi connectivity index (χ3v) is 5.52. The zero-order valence-electron chi connectivity index (χ0n) is 16.9. The second kappa shape index (κ2) is 12.7. The maximum Gasteiger partial charge on any atom is 0.303 e. The lowest BCUT2D eigenvalue weighted by atomic mass is 9.89. The highest BCUT2D eigenvalue weighted by Crippen LogP contribution is 2.36. The van der Waals surface area contributed by atoms with Crippen molar-refractivity contribution in [1.82, 2.24) is 0 Å². The van der Waals surface area contributed by atoms with Gasteiger partial charge in [-0.05, 0) is 43.4 Å². The van der Waals surface area contributed by atoms with E-state index >= 15 is 0 Å². The molecule has 1 saturated carbocycles. The molecule has 0 spiro atoms. The molecule has 6 nitrogen and oxygen atoms in total. The van der Waals surface area contributed by atoms with Crippen molar-refractivity contribution in [3.05, 3.63) is 53.6 Å². The van der Waals surface area contributed by atoms with E-state index in [1.807, 2.05) is 12.2 Å². The fourth-order valence-electron chi connectivity index (χ4n) is 3.66. The Balaban J connectivity index is 1.78. The minimum Gasteiger partial charge on any atom is -0.493 e. The van der Waals surface area contributed by atoms with Crippen LogP contribution in [0.1, 0.15) is 38.5 Å². The number of allylic oxidation sites excluding steroid dienone is 2. The summed E-state index contributed by atoms with van der Waals surface area (Å²) >= 11 is 5.91. The molecule has 7 heteroatoms. The van der Waals surface area contributed by atoms with Crippen LogP contribution in [0.5, 0.6) is 5.75 Å². The van der Waals surface area contributed by atoms with Gasteiger partial charge in [0, 0.05) is 30.2 Å². The fourth-order valence-corrected chi connectivity index (χ4v) is 3.84. The summed E-state index contributed by atoms with van der Waals surface area (Å²) in [6, 6.07) is 7.06. The third kappa shape index (κ3) is 8.48. The summed E-state index contributed by atoms with van der Waals surface area (Å²) in [4.78, 5) is 10.5. The SMILES string of the molecule is O=C(O)CCC/C=C\C[C@@H]1[C@@H](/C=C/[C@@H](O)CCOc2cccc(Cl)c2)[C@H](O)C[C@@H]1O. The van der Waals surface area contributed by atoms with E-state index in [1.165, 1.54) is 0 Å². The number of aliphatic hydroxyl groups excluding tert-OH is 3. The van der Waals surface area contributed by atoms with Crippen LogP contribution in [0, 0.1) is 11.8 Å². The second-order valence-corrected chi connectivity index (χ2v) is 8.09. The Bertz CT molecular complexity index is 719. The maximum atomic E-state index is 10.5. The van der Waals surface area contributed by atoms with E-state index in [1.54, 1.807) is 36.4 Å². The van der Waals surface area contributed by atoms with Crippen molar-refractivity contribution in [2.24, 2.45) is 11.8 Å². The van der Waals surface area contributed by atoms with Crippen LogP contribution in [0.4, 0.5) is 0 Å². The van der Waals surface area contributed by atoms with Crippen LogP contribution in [0.2, 0.25) is 5.02 Å². The smallest absolute Gasteiger partial charge is 0.303 e. The summed E-state index contributed by atoms with van der Waals surface area (Å²) in [5.74, 6) is -0.545. The average molecular weight is 439 g/mol. The summed E-state index contributed by atoms with van der Waals surface area (Å²) in [6.07, 6.45) is 7.98. The van der Waals surface area contributed by atoms with Crippen LogP contribution in [0.25, 0.3) is 0 Å². The average Bonchev–Trinajstić information content (AvgIpc) is 2.95. The number of rotatable bonds is 12. The Labute approximate surface area is 182 Å². The van der Waals surface area contributed by atoms with Crippen LogP contribution >= 0.6 is 11.6 Å². The zero-order valence-corrected chi connectivity index (χ0v) is 17.7. The number of carbonyl (C=O) groups is 1. The molecule has 1 fully saturated rings. The van der Waals surface area contributed by atoms with Crippen molar-refractivity contribution in [3.8, 4) is 5.75 Å². The molecular formula is C23H31ClO6. The molecule has 1 aliphatic carbocycles. The van der Waals surface area contributed by atoms with E-state index in [2.05, 4.69) is 0 Å². The molecule has 0 unspecified atom stereocenters. The van der Waals surface area contributed by atoms with Gasteiger partial charge in [-0.15, -0.1) is 0 Å². The molecule has 166 valence electrons. The summed E-state index contributed by atoms with van der Waals surface area (Å²) < 4.78 is 5.58. The zero-order chi connectivity index (χ0) is 21.9. The molecule has 0 amide bonds. The number of unbranched alkanes of at least 4 members (excludes halogenated alkanes) is 1. The number of ether oxygens (including phenoxy) is 1. The predicted molar refractivity (Wildman–Crippen MR) is 116 cm³/mol. The van der Waals surface area contributed by atoms with Crippen molar-refractivity contribution in [2.45, 2.75) is 56.8 Å². The summed E-state index contributed by atoms with van der Waals surface area (Å²) in [5, 5.41) is 40.0. The number of hydrogen-bond donors (Lipinski definition) is 4. The molecule has 0 heterocycles. The van der Waals surface area contributed by atoms with E-state index in [0.717, 1.165) is 0 Å². The maximum absolute atomic E-state index is 10.5. The normalized spacial score (nSPS) is 25.2. The number of halogens is 1. The van der Waals surface area contributed by atoms with Crippen LogP contribution in [-0.4, -0.2) is 51.3 Å². The van der Waals surface area contributed by atoms with Gasteiger partial charge < -0.3 is 25.2 Å². The van der Waals surface area contributed by atoms with E-state index in [4.69, 9.17) is 21.4 Å². The number of carboxylic acids is 1. The molecule has 0 radical (unpaired) electrons. The molecular weight excluding hydrogens is 408 g/mol. The van der Waals surface area contributed by atoms with E-state index < -0.39 is 24.3 Å². The van der Waals surface area contributed by atoms with Crippen LogP contribution < -0.4 is 4.74 Å². The number of benzene rings is 1. The molecule has 0 aromatic heterocycles. The van der Waals surface area contributed by atoms with Gasteiger partial charge in [0.25, 0.3) is 0 Å². The van der Waals surface area contributed by atoms with Crippen molar-refractivity contribution in [3.63, 3.8) is 0 Å². The highest BCUT2D eigenvalue weighted by Gasteiger charge is 2.39. The van der Waals surface area contributed by atoms with Gasteiger partial charge in [0.15, 0.2) is 0 Å². The summed E-state index contributed by atoms with van der Waals surface area (Å²) in [5.41, 5.74) is 0. The van der Waals surface area contributed by atoms with Crippen molar-refractivity contribution in [2.75, 3.05) is 6.61 Å². The molecule has 0 saturated heterocycles. The van der Waals surface area contributed by atoms with E-state index in [9.17, 15) is 20.1 Å². The Kier molecular flexibility index (Phi) is 10.4. The van der Waals surface area contributed by atoms with Crippen LogP contribution in [-0.2, 0) is 4.79 Å². The largest absolute Gasteiger partial charge is 0.493 e. The predicted octanol–water partition coefficient (Wildman–Crippen LogP) is 3.59. The highest BCUT2D eigenvalue weighted by atomic mass is 35.5. The Morgan fingerprint density at radius 2 is 2.07 bits per heavy atom. The van der Waals surface area contributed by atoms with Gasteiger partial charge in [-0.25, -0.2) is 0 Å². The number of hydrogen-bond acceptors (Lipinski definition) is 5. The first-order valence-electron chi connectivity index (χ1n) is 10.3.